The van der Waals surface area contributed by atoms with Gasteiger partial charge in [0.2, 0.25) is 0 Å². The second kappa shape index (κ2) is 7.05. The number of hydrogen-bond donors (Lipinski definition) is 1. The molecular weight excluding hydrogens is 252 g/mol. The van der Waals surface area contributed by atoms with Crippen molar-refractivity contribution in [1.29, 1.82) is 0 Å². The van der Waals surface area contributed by atoms with Gasteiger partial charge in [-0.3, -0.25) is 0 Å². The number of ether oxygens (including phenoxy) is 1. The molecule has 0 fully saturated rings. The summed E-state index contributed by atoms with van der Waals surface area (Å²) in [5, 5.41) is 4.12. The van der Waals surface area contributed by atoms with Crippen LogP contribution in [0.4, 0.5) is 0 Å². The van der Waals surface area contributed by atoms with Gasteiger partial charge in [0.25, 0.3) is 0 Å². The van der Waals surface area contributed by atoms with E-state index in [0.717, 1.165) is 31.0 Å². The summed E-state index contributed by atoms with van der Waals surface area (Å²) in [6, 6.07) is 8.28. The van der Waals surface area contributed by atoms with Crippen molar-refractivity contribution in [3.05, 3.63) is 42.0 Å². The largest absolute Gasteiger partial charge is 0.486 e. The molecule has 0 amide bonds. The lowest BCUT2D eigenvalue weighted by Gasteiger charge is -2.11. The quantitative estimate of drug-likeness (QED) is 0.840. The molecule has 0 aliphatic heterocycles. The third-order valence-corrected chi connectivity index (χ3v) is 3.28. The summed E-state index contributed by atoms with van der Waals surface area (Å²) in [6.07, 6.45) is 3.41. The van der Waals surface area contributed by atoms with E-state index in [2.05, 4.69) is 23.1 Å². The molecule has 1 unspecified atom stereocenters. The molecule has 1 aromatic carbocycles. The van der Waals surface area contributed by atoms with Gasteiger partial charge < -0.3 is 10.5 Å². The van der Waals surface area contributed by atoms with E-state index in [0.29, 0.717) is 6.61 Å². The minimum Gasteiger partial charge on any atom is -0.486 e. The van der Waals surface area contributed by atoms with Crippen LogP contribution in [0.1, 0.15) is 31.7 Å². The fraction of sp³-hybridized carbons (Fsp3) is 0.467. The molecule has 0 radical (unpaired) electrons. The first kappa shape index (κ1) is 14.5. The van der Waals surface area contributed by atoms with Crippen LogP contribution in [-0.2, 0) is 19.6 Å². The maximum absolute atomic E-state index is 5.98. The zero-order valence-corrected chi connectivity index (χ0v) is 12.1. The van der Waals surface area contributed by atoms with E-state index in [4.69, 9.17) is 10.5 Å². The first-order valence-corrected chi connectivity index (χ1v) is 7.07. The Morgan fingerprint density at radius 2 is 2.20 bits per heavy atom. The Kier molecular flexibility index (Phi) is 5.12. The van der Waals surface area contributed by atoms with Crippen molar-refractivity contribution in [3.63, 3.8) is 0 Å². The third-order valence-electron chi connectivity index (χ3n) is 3.28. The summed E-state index contributed by atoms with van der Waals surface area (Å²) < 4.78 is 7.61. The molecule has 5 nitrogen and oxygen atoms in total. The summed E-state index contributed by atoms with van der Waals surface area (Å²) >= 11 is 0. The van der Waals surface area contributed by atoms with Gasteiger partial charge in [0, 0.05) is 12.6 Å². The van der Waals surface area contributed by atoms with E-state index in [-0.39, 0.29) is 6.04 Å². The van der Waals surface area contributed by atoms with Crippen molar-refractivity contribution in [2.24, 2.45) is 5.73 Å². The summed E-state index contributed by atoms with van der Waals surface area (Å²) in [7, 11) is 0. The van der Waals surface area contributed by atoms with Gasteiger partial charge in [0.1, 0.15) is 18.7 Å². The molecule has 20 heavy (non-hydrogen) atoms. The van der Waals surface area contributed by atoms with E-state index >= 15 is 0 Å². The van der Waals surface area contributed by atoms with Crippen LogP contribution in [0.3, 0.4) is 0 Å². The lowest BCUT2D eigenvalue weighted by molar-refractivity contribution is 0.287. The second-order valence-corrected chi connectivity index (χ2v) is 4.80. The minimum atomic E-state index is 0.202. The maximum Gasteiger partial charge on any atom is 0.164 e. The van der Waals surface area contributed by atoms with E-state index in [1.165, 1.54) is 5.56 Å². The van der Waals surface area contributed by atoms with Gasteiger partial charge in [-0.05, 0) is 37.5 Å². The summed E-state index contributed by atoms with van der Waals surface area (Å²) in [5.41, 5.74) is 7.18. The standard InChI is InChI=1S/C15H22N4O/c1-3-13(16)8-12-6-5-7-14(9-12)20-10-15-17-11-18-19(15)4-2/h5-7,9,11,13H,3-4,8,10,16H2,1-2H3. The van der Waals surface area contributed by atoms with Crippen molar-refractivity contribution in [2.45, 2.75) is 45.9 Å². The lowest BCUT2D eigenvalue weighted by atomic mass is 10.0. The summed E-state index contributed by atoms with van der Waals surface area (Å²) in [4.78, 5) is 4.19. The van der Waals surface area contributed by atoms with Gasteiger partial charge in [0.05, 0.1) is 0 Å². The van der Waals surface area contributed by atoms with Crippen LogP contribution in [0.2, 0.25) is 0 Å². The van der Waals surface area contributed by atoms with Gasteiger partial charge in [-0.15, -0.1) is 0 Å². The highest BCUT2D eigenvalue weighted by atomic mass is 16.5. The van der Waals surface area contributed by atoms with Crippen molar-refractivity contribution in [1.82, 2.24) is 14.8 Å². The number of nitrogens with two attached hydrogens (primary N) is 1. The van der Waals surface area contributed by atoms with Gasteiger partial charge in [-0.2, -0.15) is 5.10 Å². The molecular formula is C15H22N4O. The number of aromatic nitrogens is 3. The highest BCUT2D eigenvalue weighted by molar-refractivity contribution is 5.29. The Morgan fingerprint density at radius 1 is 1.35 bits per heavy atom. The monoisotopic (exact) mass is 274 g/mol. The summed E-state index contributed by atoms with van der Waals surface area (Å²) in [5.74, 6) is 1.68. The number of nitrogens with zero attached hydrogens (tertiary/aromatic N) is 3. The van der Waals surface area contributed by atoms with Gasteiger partial charge in [0.15, 0.2) is 5.82 Å². The number of rotatable bonds is 7. The molecule has 0 aliphatic rings. The Balaban J connectivity index is 1.97. The lowest BCUT2D eigenvalue weighted by Crippen LogP contribution is -2.21. The molecule has 5 heteroatoms. The van der Waals surface area contributed by atoms with Gasteiger partial charge in [-0.25, -0.2) is 9.67 Å². The fourth-order valence-corrected chi connectivity index (χ4v) is 2.02. The highest BCUT2D eigenvalue weighted by Crippen LogP contribution is 2.16. The van der Waals surface area contributed by atoms with E-state index in [9.17, 15) is 0 Å². The molecule has 0 bridgehead atoms. The molecule has 108 valence electrons. The van der Waals surface area contributed by atoms with Gasteiger partial charge in [-0.1, -0.05) is 19.1 Å². The zero-order chi connectivity index (χ0) is 14.4. The first-order valence-electron chi connectivity index (χ1n) is 7.07. The van der Waals surface area contributed by atoms with E-state index < -0.39 is 0 Å². The Labute approximate surface area is 119 Å². The molecule has 2 aromatic rings. The molecule has 2 N–H and O–H groups in total. The Morgan fingerprint density at radius 3 is 2.95 bits per heavy atom. The average Bonchev–Trinajstić information content (AvgIpc) is 2.93. The molecule has 2 rings (SSSR count). The first-order chi connectivity index (χ1) is 9.72. The predicted molar refractivity (Wildman–Crippen MR) is 78.4 cm³/mol. The average molecular weight is 274 g/mol. The maximum atomic E-state index is 5.98. The van der Waals surface area contributed by atoms with Crippen LogP contribution < -0.4 is 10.5 Å². The molecule has 1 heterocycles. The van der Waals surface area contributed by atoms with Crippen molar-refractivity contribution >= 4 is 0 Å². The molecule has 1 atom stereocenters. The SMILES string of the molecule is CCC(N)Cc1cccc(OCc2ncnn2CC)c1. The zero-order valence-electron chi connectivity index (χ0n) is 12.1. The molecule has 0 saturated carbocycles. The van der Waals surface area contributed by atoms with Crippen LogP contribution in [0, 0.1) is 0 Å². The van der Waals surface area contributed by atoms with Crippen molar-refractivity contribution in [3.8, 4) is 5.75 Å². The topological polar surface area (TPSA) is 66.0 Å². The van der Waals surface area contributed by atoms with E-state index in [1.807, 2.05) is 29.8 Å². The Hall–Kier alpha value is -1.88. The molecule has 0 saturated heterocycles. The smallest absolute Gasteiger partial charge is 0.164 e. The minimum absolute atomic E-state index is 0.202. The number of benzene rings is 1. The van der Waals surface area contributed by atoms with Crippen LogP contribution in [0.15, 0.2) is 30.6 Å². The fourth-order valence-electron chi connectivity index (χ4n) is 2.02. The highest BCUT2D eigenvalue weighted by Gasteiger charge is 2.05. The predicted octanol–water partition coefficient (Wildman–Crippen LogP) is 2.16. The van der Waals surface area contributed by atoms with Crippen LogP contribution in [-0.4, -0.2) is 20.8 Å². The van der Waals surface area contributed by atoms with Crippen molar-refractivity contribution < 1.29 is 4.74 Å². The number of hydrogen-bond acceptors (Lipinski definition) is 4. The number of aryl methyl sites for hydroxylation is 1. The molecule has 1 aromatic heterocycles. The molecule has 0 aliphatic carbocycles. The van der Waals surface area contributed by atoms with Crippen LogP contribution in [0.25, 0.3) is 0 Å². The van der Waals surface area contributed by atoms with E-state index in [1.54, 1.807) is 6.33 Å². The van der Waals surface area contributed by atoms with Crippen LogP contribution >= 0.6 is 0 Å². The second-order valence-electron chi connectivity index (χ2n) is 4.80. The van der Waals surface area contributed by atoms with Crippen molar-refractivity contribution in [2.75, 3.05) is 0 Å². The normalized spacial score (nSPS) is 12.3. The van der Waals surface area contributed by atoms with Gasteiger partial charge >= 0.3 is 0 Å². The summed E-state index contributed by atoms with van der Waals surface area (Å²) in [6.45, 7) is 5.36. The molecule has 0 spiro atoms. The Bertz CT molecular complexity index is 538. The van der Waals surface area contributed by atoms with Crippen LogP contribution in [0.5, 0.6) is 5.75 Å². The third kappa shape index (κ3) is 3.81.